The van der Waals surface area contributed by atoms with Crippen molar-refractivity contribution in [3.05, 3.63) is 200 Å². The molecular formula is C55H33N3. The standard InChI is InChI=1S/C55H33N3/c1-2-10-36(11-3-1)48-30-28-38-24-25-39-29-31-49(57-55(39)54(38)56-48)41-27-21-35-20-26-40(32-42(35)33-41)34-18-22-37(23-19-34)53-52-46-15-7-5-13-44(46)43-12-4-6-14-45(43)51(52)47-16-8-9-17-50(47)58-53/h1-33H. The number of fused-ring (bicyclic) bond motifs is 12. The first-order chi connectivity index (χ1) is 28.7. The summed E-state index contributed by atoms with van der Waals surface area (Å²) in [5.41, 5.74) is 11.3. The van der Waals surface area contributed by atoms with Crippen molar-refractivity contribution in [1.82, 2.24) is 15.0 Å². The van der Waals surface area contributed by atoms with Crippen molar-refractivity contribution in [2.45, 2.75) is 0 Å². The molecule has 0 aliphatic heterocycles. The average Bonchev–Trinajstić information content (AvgIpc) is 3.30. The lowest BCUT2D eigenvalue weighted by Crippen LogP contribution is -1.93. The molecule has 0 fully saturated rings. The van der Waals surface area contributed by atoms with Crippen molar-refractivity contribution in [3.63, 3.8) is 0 Å². The van der Waals surface area contributed by atoms with Gasteiger partial charge in [-0.25, -0.2) is 15.0 Å². The van der Waals surface area contributed by atoms with Gasteiger partial charge in [0.1, 0.15) is 0 Å². The Morgan fingerprint density at radius 2 is 0.741 bits per heavy atom. The number of hydrogen-bond donors (Lipinski definition) is 0. The SMILES string of the molecule is c1ccc(-c2ccc3ccc4ccc(-c5ccc6ccc(-c7ccc(-c8nc9ccccc9c9c%10ccccc%10c%10ccccc%10c89)cc7)cc6c5)nc4c3n2)cc1. The van der Waals surface area contributed by atoms with Crippen LogP contribution in [0.25, 0.3) is 121 Å². The highest BCUT2D eigenvalue weighted by Crippen LogP contribution is 2.43. The Labute approximate surface area is 334 Å². The predicted octanol–water partition coefficient (Wildman–Crippen LogP) is 14.6. The molecule has 3 nitrogen and oxygen atoms in total. The van der Waals surface area contributed by atoms with Gasteiger partial charge in [0.25, 0.3) is 0 Å². The van der Waals surface area contributed by atoms with Crippen LogP contribution >= 0.6 is 0 Å². The zero-order valence-corrected chi connectivity index (χ0v) is 31.4. The van der Waals surface area contributed by atoms with Crippen LogP contribution in [0.3, 0.4) is 0 Å². The second kappa shape index (κ2) is 12.9. The summed E-state index contributed by atoms with van der Waals surface area (Å²) in [4.78, 5) is 15.7. The third-order valence-corrected chi connectivity index (χ3v) is 11.8. The van der Waals surface area contributed by atoms with Crippen LogP contribution in [0.15, 0.2) is 200 Å². The highest BCUT2D eigenvalue weighted by Gasteiger charge is 2.18. The summed E-state index contributed by atoms with van der Waals surface area (Å²) in [6.45, 7) is 0. The molecule has 0 aliphatic rings. The molecule has 3 heterocycles. The van der Waals surface area contributed by atoms with E-state index in [0.717, 1.165) is 66.7 Å². The second-order valence-corrected chi connectivity index (χ2v) is 15.1. The maximum absolute atomic E-state index is 5.36. The van der Waals surface area contributed by atoms with Gasteiger partial charge in [-0.3, -0.25) is 0 Å². The van der Waals surface area contributed by atoms with E-state index in [9.17, 15) is 0 Å². The molecule has 0 aliphatic carbocycles. The Morgan fingerprint density at radius 3 is 1.43 bits per heavy atom. The second-order valence-electron chi connectivity index (χ2n) is 15.1. The predicted molar refractivity (Wildman–Crippen MR) is 244 cm³/mol. The molecule has 0 amide bonds. The molecule has 9 aromatic carbocycles. The van der Waals surface area contributed by atoms with Gasteiger partial charge in [-0.1, -0.05) is 170 Å². The minimum Gasteiger partial charge on any atom is -0.247 e. The van der Waals surface area contributed by atoms with Gasteiger partial charge in [-0.05, 0) is 73.8 Å². The molecular weight excluding hydrogens is 703 g/mol. The molecule has 3 heteroatoms. The Kier molecular flexibility index (Phi) is 7.23. The van der Waals surface area contributed by atoms with E-state index in [1.54, 1.807) is 0 Å². The quantitative estimate of drug-likeness (QED) is 0.169. The molecule has 3 aromatic heterocycles. The van der Waals surface area contributed by atoms with E-state index in [2.05, 4.69) is 194 Å². The molecule has 12 rings (SSSR count). The molecule has 0 radical (unpaired) electrons. The van der Waals surface area contributed by atoms with E-state index >= 15 is 0 Å². The first-order valence-corrected chi connectivity index (χ1v) is 19.8. The lowest BCUT2D eigenvalue weighted by molar-refractivity contribution is 1.37. The minimum absolute atomic E-state index is 0.914. The van der Waals surface area contributed by atoms with Crippen LogP contribution in [0.1, 0.15) is 0 Å². The number of aromatic nitrogens is 3. The fourth-order valence-corrected chi connectivity index (χ4v) is 8.94. The van der Waals surface area contributed by atoms with Crippen LogP contribution in [0.5, 0.6) is 0 Å². The number of rotatable bonds is 4. The maximum Gasteiger partial charge on any atom is 0.0972 e. The van der Waals surface area contributed by atoms with Crippen molar-refractivity contribution in [2.75, 3.05) is 0 Å². The fraction of sp³-hybridized carbons (Fsp3) is 0. The normalized spacial score (nSPS) is 11.8. The number of para-hydroxylation sites is 1. The van der Waals surface area contributed by atoms with Crippen LogP contribution in [0.2, 0.25) is 0 Å². The van der Waals surface area contributed by atoms with E-state index in [1.807, 2.05) is 6.07 Å². The molecule has 0 unspecified atom stereocenters. The third-order valence-electron chi connectivity index (χ3n) is 11.8. The topological polar surface area (TPSA) is 38.7 Å². The Bertz CT molecular complexity index is 3610. The van der Waals surface area contributed by atoms with E-state index in [0.29, 0.717) is 0 Å². The highest BCUT2D eigenvalue weighted by atomic mass is 14.8. The Morgan fingerprint density at radius 1 is 0.259 bits per heavy atom. The number of benzene rings is 9. The molecule has 12 aromatic rings. The number of hydrogen-bond acceptors (Lipinski definition) is 3. The van der Waals surface area contributed by atoms with Gasteiger partial charge in [-0.2, -0.15) is 0 Å². The van der Waals surface area contributed by atoms with Gasteiger partial charge in [0.15, 0.2) is 0 Å². The van der Waals surface area contributed by atoms with Crippen LogP contribution in [0, 0.1) is 0 Å². The summed E-state index contributed by atoms with van der Waals surface area (Å²) in [6, 6.07) is 71.5. The molecule has 0 spiro atoms. The lowest BCUT2D eigenvalue weighted by atomic mass is 9.89. The van der Waals surface area contributed by atoms with Crippen molar-refractivity contribution in [3.8, 4) is 44.9 Å². The molecule has 58 heavy (non-hydrogen) atoms. The van der Waals surface area contributed by atoms with Gasteiger partial charge >= 0.3 is 0 Å². The molecule has 0 bridgehead atoms. The van der Waals surface area contributed by atoms with Crippen LogP contribution in [0.4, 0.5) is 0 Å². The zero-order chi connectivity index (χ0) is 38.2. The van der Waals surface area contributed by atoms with Gasteiger partial charge in [0.2, 0.25) is 0 Å². The van der Waals surface area contributed by atoms with Crippen molar-refractivity contribution in [2.24, 2.45) is 0 Å². The van der Waals surface area contributed by atoms with Crippen molar-refractivity contribution in [1.29, 1.82) is 0 Å². The Hall–Kier alpha value is -7.75. The molecule has 0 saturated heterocycles. The Balaban J connectivity index is 0.950. The summed E-state index contributed by atoms with van der Waals surface area (Å²) in [5, 5.41) is 13.1. The summed E-state index contributed by atoms with van der Waals surface area (Å²) in [5.74, 6) is 0. The molecule has 0 atom stereocenters. The van der Waals surface area contributed by atoms with Gasteiger partial charge < -0.3 is 0 Å². The third kappa shape index (κ3) is 5.18. The van der Waals surface area contributed by atoms with Crippen molar-refractivity contribution < 1.29 is 0 Å². The van der Waals surface area contributed by atoms with Crippen LogP contribution < -0.4 is 0 Å². The zero-order valence-electron chi connectivity index (χ0n) is 31.4. The maximum atomic E-state index is 5.36. The van der Waals surface area contributed by atoms with Gasteiger partial charge in [0, 0.05) is 43.6 Å². The monoisotopic (exact) mass is 735 g/mol. The number of nitrogens with zero attached hydrogens (tertiary/aromatic N) is 3. The fourth-order valence-electron chi connectivity index (χ4n) is 8.94. The van der Waals surface area contributed by atoms with E-state index < -0.39 is 0 Å². The van der Waals surface area contributed by atoms with E-state index in [-0.39, 0.29) is 0 Å². The summed E-state index contributed by atoms with van der Waals surface area (Å²) in [7, 11) is 0. The molecule has 268 valence electrons. The summed E-state index contributed by atoms with van der Waals surface area (Å²) >= 11 is 0. The smallest absolute Gasteiger partial charge is 0.0972 e. The number of pyridine rings is 3. The minimum atomic E-state index is 0.914. The van der Waals surface area contributed by atoms with Gasteiger partial charge in [0.05, 0.1) is 33.6 Å². The summed E-state index contributed by atoms with van der Waals surface area (Å²) < 4.78 is 0. The van der Waals surface area contributed by atoms with E-state index in [1.165, 1.54) is 54.0 Å². The first-order valence-electron chi connectivity index (χ1n) is 19.8. The largest absolute Gasteiger partial charge is 0.247 e. The average molecular weight is 736 g/mol. The first kappa shape index (κ1) is 32.5. The van der Waals surface area contributed by atoms with Crippen LogP contribution in [-0.2, 0) is 0 Å². The van der Waals surface area contributed by atoms with Crippen LogP contribution in [-0.4, -0.2) is 15.0 Å². The van der Waals surface area contributed by atoms with E-state index in [4.69, 9.17) is 15.0 Å². The highest BCUT2D eigenvalue weighted by molar-refractivity contribution is 6.33. The van der Waals surface area contributed by atoms with Gasteiger partial charge in [-0.15, -0.1) is 0 Å². The van der Waals surface area contributed by atoms with Crippen molar-refractivity contribution >= 4 is 75.8 Å². The molecule has 0 saturated carbocycles. The lowest BCUT2D eigenvalue weighted by Gasteiger charge is -2.16. The molecule has 0 N–H and O–H groups in total. The summed E-state index contributed by atoms with van der Waals surface area (Å²) in [6.07, 6.45) is 0.